The highest BCUT2D eigenvalue weighted by Gasteiger charge is 2.64. The molecular formula is C28H27NO12. The van der Waals surface area contributed by atoms with E-state index in [4.69, 9.17) is 33.2 Å². The first-order valence-electron chi connectivity index (χ1n) is 12.6. The van der Waals surface area contributed by atoms with Gasteiger partial charge in [-0.3, -0.25) is 19.1 Å². The Morgan fingerprint density at radius 2 is 1.51 bits per heavy atom. The molecule has 0 saturated carbocycles. The largest absolute Gasteiger partial charge is 0.479 e. The molecule has 0 bridgehead atoms. The minimum absolute atomic E-state index is 0.102. The zero-order valence-corrected chi connectivity index (χ0v) is 22.5. The Kier molecular flexibility index (Phi) is 7.41. The zero-order chi connectivity index (χ0) is 29.5. The van der Waals surface area contributed by atoms with Crippen molar-refractivity contribution in [3.63, 3.8) is 0 Å². The van der Waals surface area contributed by atoms with Crippen LogP contribution < -0.4 is 0 Å². The van der Waals surface area contributed by atoms with E-state index in [0.717, 1.165) is 33.5 Å². The zero-order valence-electron chi connectivity index (χ0n) is 22.5. The van der Waals surface area contributed by atoms with Crippen LogP contribution in [0.1, 0.15) is 20.8 Å². The minimum Gasteiger partial charge on any atom is -0.479 e. The number of rotatable bonds is 5. The number of allylic oxidation sites excluding steroid dienone is 5. The van der Waals surface area contributed by atoms with Crippen LogP contribution in [0.2, 0.25) is 0 Å². The Bertz CT molecular complexity index is 1400. The molecule has 3 heterocycles. The first-order valence-corrected chi connectivity index (χ1v) is 12.6. The lowest BCUT2D eigenvalue weighted by Gasteiger charge is -2.47. The summed E-state index contributed by atoms with van der Waals surface area (Å²) in [5.41, 5.74) is 1.85. The normalized spacial score (nSPS) is 32.7. The predicted molar refractivity (Wildman–Crippen MR) is 136 cm³/mol. The van der Waals surface area contributed by atoms with E-state index in [1.165, 1.54) is 0 Å². The number of esters is 4. The van der Waals surface area contributed by atoms with Crippen molar-refractivity contribution in [2.24, 2.45) is 10.9 Å². The van der Waals surface area contributed by atoms with Crippen LogP contribution in [0.3, 0.4) is 0 Å². The molecule has 0 aromatic heterocycles. The van der Waals surface area contributed by atoms with Gasteiger partial charge in [-0.2, -0.15) is 0 Å². The molecule has 2 aliphatic carbocycles. The molecule has 2 unspecified atom stereocenters. The maximum Gasteiger partial charge on any atom is 0.370 e. The van der Waals surface area contributed by atoms with Gasteiger partial charge in [0.05, 0.1) is 13.0 Å². The lowest BCUT2D eigenvalue weighted by atomic mass is 9.89. The number of ether oxygens (including phenoxy) is 7. The summed E-state index contributed by atoms with van der Waals surface area (Å²) in [5, 5.41) is 11.9. The molecule has 0 aromatic rings. The molecule has 216 valence electrons. The molecule has 13 nitrogen and oxygen atoms in total. The van der Waals surface area contributed by atoms with E-state index >= 15 is 0 Å². The van der Waals surface area contributed by atoms with Crippen molar-refractivity contribution in [1.29, 1.82) is 0 Å². The summed E-state index contributed by atoms with van der Waals surface area (Å²) in [5.74, 6) is -7.06. The fraction of sp³-hybridized carbons (Fsp3) is 0.393. The lowest BCUT2D eigenvalue weighted by molar-refractivity contribution is -0.421. The Labute approximate surface area is 234 Å². The van der Waals surface area contributed by atoms with Gasteiger partial charge in [0.1, 0.15) is 11.8 Å². The summed E-state index contributed by atoms with van der Waals surface area (Å²) >= 11 is 0. The molecule has 0 amide bonds. The second kappa shape index (κ2) is 10.8. The number of aliphatic hydroxyl groups is 1. The Morgan fingerprint density at radius 1 is 0.878 bits per heavy atom. The SMILES string of the molecule is COC(=O)[C@H]1O[C@](O)(OC2=NC3=C4C=CC=CC4OC3=C3C=CC=CC23)[C@H](OC(C)=O)[C@@H](OC(C)=O)[C@@H]1OC(C)=O. The highest BCUT2D eigenvalue weighted by molar-refractivity contribution is 5.89. The molecule has 5 aliphatic rings. The van der Waals surface area contributed by atoms with Crippen molar-refractivity contribution >= 4 is 29.8 Å². The summed E-state index contributed by atoms with van der Waals surface area (Å²) in [4.78, 5) is 53.7. The molecule has 13 heteroatoms. The molecule has 0 radical (unpaired) electrons. The van der Waals surface area contributed by atoms with Crippen LogP contribution in [-0.4, -0.2) is 78.5 Å². The molecule has 3 aliphatic heterocycles. The average Bonchev–Trinajstić information content (AvgIpc) is 3.30. The van der Waals surface area contributed by atoms with E-state index in [2.05, 4.69) is 4.99 Å². The lowest BCUT2D eigenvalue weighted by Crippen LogP contribution is -2.70. The number of fused-ring (bicyclic) bond motifs is 3. The van der Waals surface area contributed by atoms with E-state index < -0.39 is 60.2 Å². The van der Waals surface area contributed by atoms with E-state index in [1.54, 1.807) is 24.3 Å². The minimum atomic E-state index is -2.98. The average molecular weight is 570 g/mol. The molecule has 0 aromatic carbocycles. The number of aliphatic imine (C=N–C) groups is 1. The molecule has 41 heavy (non-hydrogen) atoms. The second-order valence-electron chi connectivity index (χ2n) is 9.52. The van der Waals surface area contributed by atoms with Gasteiger partial charge in [0.2, 0.25) is 18.1 Å². The Hall–Kier alpha value is -4.49. The van der Waals surface area contributed by atoms with Crippen LogP contribution in [0.25, 0.3) is 0 Å². The molecule has 1 fully saturated rings. The van der Waals surface area contributed by atoms with Crippen LogP contribution in [0, 0.1) is 5.92 Å². The van der Waals surface area contributed by atoms with Crippen molar-refractivity contribution in [2.45, 2.75) is 57.3 Å². The van der Waals surface area contributed by atoms with E-state index in [0.29, 0.717) is 17.0 Å². The third-order valence-corrected chi connectivity index (χ3v) is 6.65. The van der Waals surface area contributed by atoms with Gasteiger partial charge in [-0.1, -0.05) is 42.5 Å². The maximum atomic E-state index is 12.8. The summed E-state index contributed by atoms with van der Waals surface area (Å²) in [6, 6.07) is 0. The van der Waals surface area contributed by atoms with E-state index in [-0.39, 0.29) is 12.0 Å². The number of carbonyl (C=O) groups is 4. The predicted octanol–water partition coefficient (Wildman–Crippen LogP) is 1.20. The van der Waals surface area contributed by atoms with Crippen LogP contribution in [0.4, 0.5) is 0 Å². The third kappa shape index (κ3) is 5.21. The fourth-order valence-electron chi connectivity index (χ4n) is 5.07. The number of dihydropyridines is 1. The van der Waals surface area contributed by atoms with Crippen LogP contribution in [-0.2, 0) is 52.3 Å². The van der Waals surface area contributed by atoms with Crippen molar-refractivity contribution in [2.75, 3.05) is 7.11 Å². The molecule has 0 spiro atoms. The number of hydrogen-bond acceptors (Lipinski definition) is 13. The fourth-order valence-corrected chi connectivity index (χ4v) is 5.07. The van der Waals surface area contributed by atoms with Crippen molar-refractivity contribution in [3.05, 3.63) is 71.2 Å². The van der Waals surface area contributed by atoms with Crippen molar-refractivity contribution in [3.8, 4) is 0 Å². The van der Waals surface area contributed by atoms with Gasteiger partial charge in [-0.25, -0.2) is 9.79 Å². The monoisotopic (exact) mass is 569 g/mol. The molecule has 5 rings (SSSR count). The molecule has 1 N–H and O–H groups in total. The van der Waals surface area contributed by atoms with Gasteiger partial charge in [0.15, 0.2) is 18.0 Å². The third-order valence-electron chi connectivity index (χ3n) is 6.65. The number of carbonyl (C=O) groups excluding carboxylic acids is 4. The highest BCUT2D eigenvalue weighted by atomic mass is 16.9. The van der Waals surface area contributed by atoms with Gasteiger partial charge < -0.3 is 33.5 Å². The van der Waals surface area contributed by atoms with Gasteiger partial charge in [0, 0.05) is 31.9 Å². The van der Waals surface area contributed by atoms with Gasteiger partial charge >= 0.3 is 29.9 Å². The first-order chi connectivity index (χ1) is 19.5. The van der Waals surface area contributed by atoms with Crippen molar-refractivity contribution in [1.82, 2.24) is 0 Å². The highest BCUT2D eigenvalue weighted by Crippen LogP contribution is 2.44. The van der Waals surface area contributed by atoms with Crippen LogP contribution in [0.5, 0.6) is 0 Å². The molecular weight excluding hydrogens is 542 g/mol. The summed E-state index contributed by atoms with van der Waals surface area (Å²) < 4.78 is 38.5. The molecule has 7 atom stereocenters. The maximum absolute atomic E-state index is 12.8. The summed E-state index contributed by atoms with van der Waals surface area (Å²) in [6.45, 7) is 3.12. The number of methoxy groups -OCH3 is 1. The Balaban J connectivity index is 1.61. The van der Waals surface area contributed by atoms with Crippen molar-refractivity contribution < 1.29 is 57.4 Å². The van der Waals surface area contributed by atoms with E-state index in [9.17, 15) is 24.3 Å². The van der Waals surface area contributed by atoms with Gasteiger partial charge in [0.25, 0.3) is 0 Å². The van der Waals surface area contributed by atoms with Crippen LogP contribution in [0.15, 0.2) is 76.2 Å². The standard InChI is InChI=1S/C28H27NO12/c1-13(30)36-22-23(37-14(2)31)25(38-15(3)32)28(34,40-24(22)27(33)35-4)41-26-17-10-6-5-9-16(17)21-20(29-26)18-11-7-8-12-19(18)39-21/h5-12,17,19,22-25,34H,1-4H3/t17?,19?,22-,23-,24-,25+,28-/m0/s1. The topological polar surface area (TPSA) is 165 Å². The smallest absolute Gasteiger partial charge is 0.370 e. The van der Waals surface area contributed by atoms with Crippen LogP contribution >= 0.6 is 0 Å². The first kappa shape index (κ1) is 28.1. The quantitative estimate of drug-likeness (QED) is 0.286. The van der Waals surface area contributed by atoms with Gasteiger partial charge in [-0.15, -0.1) is 0 Å². The van der Waals surface area contributed by atoms with E-state index in [1.807, 2.05) is 24.3 Å². The summed E-state index contributed by atoms with van der Waals surface area (Å²) in [6.07, 6.45) is 6.78. The number of nitrogens with zero attached hydrogens (tertiary/aromatic N) is 1. The number of hydrogen-bond donors (Lipinski definition) is 1. The Morgan fingerprint density at radius 3 is 2.17 bits per heavy atom. The second-order valence-corrected chi connectivity index (χ2v) is 9.52. The molecule has 1 saturated heterocycles. The van der Waals surface area contributed by atoms with Gasteiger partial charge in [-0.05, 0) is 6.08 Å². The summed E-state index contributed by atoms with van der Waals surface area (Å²) in [7, 11) is 1.04.